The van der Waals surface area contributed by atoms with Gasteiger partial charge in [0.05, 0.1) is 0 Å². The van der Waals surface area contributed by atoms with Gasteiger partial charge in [0.15, 0.2) is 0 Å². The van der Waals surface area contributed by atoms with Gasteiger partial charge in [-0.15, -0.1) is 0 Å². The Balaban J connectivity index is 2.51. The molecule has 0 spiro atoms. The molecule has 5 nitrogen and oxygen atoms in total. The van der Waals surface area contributed by atoms with E-state index in [0.717, 1.165) is 13.0 Å². The predicted octanol–water partition coefficient (Wildman–Crippen LogP) is 1.92. The van der Waals surface area contributed by atoms with E-state index in [1.165, 1.54) is 0 Å². The smallest absolute Gasteiger partial charge is 0.339 e. The van der Waals surface area contributed by atoms with E-state index in [0.29, 0.717) is 18.4 Å². The molecule has 100 valence electrons. The molecule has 0 saturated carbocycles. The van der Waals surface area contributed by atoms with Crippen LogP contribution >= 0.6 is 0 Å². The summed E-state index contributed by atoms with van der Waals surface area (Å²) in [4.78, 5) is 17.3. The van der Waals surface area contributed by atoms with Gasteiger partial charge in [0.25, 0.3) is 0 Å². The van der Waals surface area contributed by atoms with Gasteiger partial charge in [0.2, 0.25) is 0 Å². The number of nitrogens with zero attached hydrogens (tertiary/aromatic N) is 2. The van der Waals surface area contributed by atoms with Gasteiger partial charge in [0.1, 0.15) is 11.4 Å². The van der Waals surface area contributed by atoms with Crippen molar-refractivity contribution >= 4 is 11.8 Å². The first-order chi connectivity index (χ1) is 8.56. The average molecular weight is 251 g/mol. The van der Waals surface area contributed by atoms with E-state index in [-0.39, 0.29) is 5.56 Å². The summed E-state index contributed by atoms with van der Waals surface area (Å²) < 4.78 is 0. The third-order valence-corrected chi connectivity index (χ3v) is 3.14. The number of anilines is 1. The number of carboxylic acid groups (broad SMARTS) is 1. The highest BCUT2D eigenvalue weighted by Gasteiger charge is 2.10. The number of hydrogen-bond donors (Lipinski definition) is 2. The van der Waals surface area contributed by atoms with Crippen molar-refractivity contribution in [2.45, 2.75) is 26.3 Å². The molecule has 0 aliphatic carbocycles. The SMILES string of the molecule is CCC(C)N(C)CCNc1ncccc1C(=O)O. The second kappa shape index (κ2) is 6.96. The Labute approximate surface area is 108 Å². The van der Waals surface area contributed by atoms with Crippen LogP contribution in [0.4, 0.5) is 5.82 Å². The molecule has 0 fully saturated rings. The summed E-state index contributed by atoms with van der Waals surface area (Å²) in [6.07, 6.45) is 2.69. The highest BCUT2D eigenvalue weighted by atomic mass is 16.4. The predicted molar refractivity (Wildman–Crippen MR) is 72.1 cm³/mol. The van der Waals surface area contributed by atoms with Crippen molar-refractivity contribution in [3.63, 3.8) is 0 Å². The van der Waals surface area contributed by atoms with Crippen LogP contribution in [0.25, 0.3) is 0 Å². The number of carbonyl (C=O) groups is 1. The monoisotopic (exact) mass is 251 g/mol. The van der Waals surface area contributed by atoms with Gasteiger partial charge in [0, 0.05) is 25.3 Å². The molecule has 1 rings (SSSR count). The van der Waals surface area contributed by atoms with E-state index in [2.05, 4.69) is 36.1 Å². The second-order valence-corrected chi connectivity index (χ2v) is 4.37. The van der Waals surface area contributed by atoms with Gasteiger partial charge >= 0.3 is 5.97 Å². The molecule has 5 heteroatoms. The minimum atomic E-state index is -0.958. The second-order valence-electron chi connectivity index (χ2n) is 4.37. The maximum absolute atomic E-state index is 11.0. The Morgan fingerprint density at radius 1 is 1.61 bits per heavy atom. The topological polar surface area (TPSA) is 65.5 Å². The lowest BCUT2D eigenvalue weighted by Crippen LogP contribution is -2.33. The number of rotatable bonds is 7. The number of hydrogen-bond acceptors (Lipinski definition) is 4. The van der Waals surface area contributed by atoms with Gasteiger partial charge in [-0.2, -0.15) is 0 Å². The standard InChI is InChI=1S/C13H21N3O2/c1-4-10(2)16(3)9-8-15-12-11(13(17)18)6-5-7-14-12/h5-7,10H,4,8-9H2,1-3H3,(H,14,15)(H,17,18). The van der Waals surface area contributed by atoms with Crippen molar-refractivity contribution in [3.8, 4) is 0 Å². The lowest BCUT2D eigenvalue weighted by molar-refractivity contribution is 0.0697. The third-order valence-electron chi connectivity index (χ3n) is 3.14. The fraction of sp³-hybridized carbons (Fsp3) is 0.538. The van der Waals surface area contributed by atoms with Crippen LogP contribution < -0.4 is 5.32 Å². The van der Waals surface area contributed by atoms with Gasteiger partial charge in [-0.1, -0.05) is 6.92 Å². The largest absolute Gasteiger partial charge is 0.478 e. The average Bonchev–Trinajstić information content (AvgIpc) is 2.38. The maximum atomic E-state index is 11.0. The molecule has 0 bridgehead atoms. The maximum Gasteiger partial charge on any atom is 0.339 e. The molecule has 1 heterocycles. The van der Waals surface area contributed by atoms with Crippen LogP contribution in [0.15, 0.2) is 18.3 Å². The van der Waals surface area contributed by atoms with Gasteiger partial charge in [-0.05, 0) is 32.5 Å². The number of nitrogens with one attached hydrogen (secondary N) is 1. The molecule has 1 aromatic rings. The first kappa shape index (κ1) is 14.4. The van der Waals surface area contributed by atoms with Crippen molar-refractivity contribution in [2.24, 2.45) is 0 Å². The summed E-state index contributed by atoms with van der Waals surface area (Å²) in [5.41, 5.74) is 0.212. The number of likely N-dealkylation sites (N-methyl/N-ethyl adjacent to an activating group) is 1. The minimum Gasteiger partial charge on any atom is -0.478 e. The lowest BCUT2D eigenvalue weighted by atomic mass is 10.2. The Hall–Kier alpha value is -1.62. The fourth-order valence-electron chi connectivity index (χ4n) is 1.60. The van der Waals surface area contributed by atoms with Gasteiger partial charge in [-0.3, -0.25) is 0 Å². The third kappa shape index (κ3) is 4.00. The normalized spacial score (nSPS) is 12.4. The molecule has 0 saturated heterocycles. The number of pyridine rings is 1. The molecule has 0 amide bonds. The van der Waals surface area contributed by atoms with Crippen LogP contribution in [-0.2, 0) is 0 Å². The van der Waals surface area contributed by atoms with Crippen LogP contribution in [0.2, 0.25) is 0 Å². The number of carboxylic acids is 1. The first-order valence-corrected chi connectivity index (χ1v) is 6.18. The molecular weight excluding hydrogens is 230 g/mol. The summed E-state index contributed by atoms with van der Waals surface area (Å²) in [6, 6.07) is 3.70. The van der Waals surface area contributed by atoms with Gasteiger partial charge in [-0.25, -0.2) is 9.78 Å². The summed E-state index contributed by atoms with van der Waals surface area (Å²) in [6.45, 7) is 5.85. The van der Waals surface area contributed by atoms with Crippen LogP contribution in [0.3, 0.4) is 0 Å². The quantitative estimate of drug-likeness (QED) is 0.775. The summed E-state index contributed by atoms with van der Waals surface area (Å²) in [7, 11) is 2.06. The van der Waals surface area contributed by atoms with Crippen molar-refractivity contribution in [1.82, 2.24) is 9.88 Å². The minimum absolute atomic E-state index is 0.212. The van der Waals surface area contributed by atoms with E-state index in [1.54, 1.807) is 18.3 Å². The Morgan fingerprint density at radius 3 is 2.94 bits per heavy atom. The lowest BCUT2D eigenvalue weighted by Gasteiger charge is -2.23. The van der Waals surface area contributed by atoms with E-state index < -0.39 is 5.97 Å². The van der Waals surface area contributed by atoms with Crippen LogP contribution in [0.5, 0.6) is 0 Å². The zero-order valence-corrected chi connectivity index (χ0v) is 11.2. The molecule has 1 atom stereocenters. The number of aromatic nitrogens is 1. The zero-order valence-electron chi connectivity index (χ0n) is 11.2. The van der Waals surface area contributed by atoms with E-state index in [9.17, 15) is 4.79 Å². The molecular formula is C13H21N3O2. The highest BCUT2D eigenvalue weighted by molar-refractivity contribution is 5.92. The Morgan fingerprint density at radius 2 is 2.33 bits per heavy atom. The molecule has 18 heavy (non-hydrogen) atoms. The van der Waals surface area contributed by atoms with Crippen molar-refractivity contribution in [2.75, 3.05) is 25.5 Å². The van der Waals surface area contributed by atoms with E-state index in [4.69, 9.17) is 5.11 Å². The molecule has 0 aromatic carbocycles. The van der Waals surface area contributed by atoms with E-state index >= 15 is 0 Å². The van der Waals surface area contributed by atoms with Crippen LogP contribution in [-0.4, -0.2) is 47.1 Å². The van der Waals surface area contributed by atoms with Crippen molar-refractivity contribution < 1.29 is 9.90 Å². The molecule has 0 aliphatic rings. The van der Waals surface area contributed by atoms with Crippen LogP contribution in [0.1, 0.15) is 30.6 Å². The van der Waals surface area contributed by atoms with Crippen molar-refractivity contribution in [1.29, 1.82) is 0 Å². The first-order valence-electron chi connectivity index (χ1n) is 6.18. The Kier molecular flexibility index (Phi) is 5.58. The fourth-order valence-corrected chi connectivity index (χ4v) is 1.60. The summed E-state index contributed by atoms with van der Waals surface area (Å²) >= 11 is 0. The summed E-state index contributed by atoms with van der Waals surface area (Å²) in [5.74, 6) is -0.525. The molecule has 1 aromatic heterocycles. The highest BCUT2D eigenvalue weighted by Crippen LogP contribution is 2.10. The zero-order chi connectivity index (χ0) is 13.5. The number of aromatic carboxylic acids is 1. The molecule has 0 radical (unpaired) electrons. The van der Waals surface area contributed by atoms with Crippen molar-refractivity contribution in [3.05, 3.63) is 23.9 Å². The summed E-state index contributed by atoms with van der Waals surface area (Å²) in [5, 5.41) is 12.1. The van der Waals surface area contributed by atoms with Crippen LogP contribution in [0, 0.1) is 0 Å². The van der Waals surface area contributed by atoms with E-state index in [1.807, 2.05) is 0 Å². The molecule has 2 N–H and O–H groups in total. The molecule has 1 unspecified atom stereocenters. The Bertz CT molecular complexity index is 396. The van der Waals surface area contributed by atoms with Gasteiger partial charge < -0.3 is 15.3 Å². The molecule has 0 aliphatic heterocycles.